The second-order valence-electron chi connectivity index (χ2n) is 16.7. The molecule has 0 atom stereocenters. The number of furan rings is 1. The Balaban J connectivity index is 0.000000229. The molecule has 60 heavy (non-hydrogen) atoms. The van der Waals surface area contributed by atoms with Crippen molar-refractivity contribution in [1.29, 1.82) is 0 Å². The molecule has 0 fully saturated rings. The van der Waals surface area contributed by atoms with E-state index in [-0.39, 0.29) is 36.6 Å². The molecule has 5 nitrogen and oxygen atoms in total. The van der Waals surface area contributed by atoms with Crippen molar-refractivity contribution in [3.05, 3.63) is 167 Å². The van der Waals surface area contributed by atoms with E-state index in [9.17, 15) is 4.39 Å². The molecule has 1 radical (unpaired) electrons. The number of fused-ring (bicyclic) bond motifs is 4. The fourth-order valence-corrected chi connectivity index (χ4v) is 7.61. The van der Waals surface area contributed by atoms with Gasteiger partial charge >= 0.3 is 0 Å². The zero-order valence-corrected chi connectivity index (χ0v) is 37.5. The molecule has 0 saturated heterocycles. The first-order valence-corrected chi connectivity index (χ1v) is 20.1. The van der Waals surface area contributed by atoms with Gasteiger partial charge in [0.05, 0.1) is 28.6 Å². The van der Waals surface area contributed by atoms with E-state index < -0.39 is 12.7 Å². The zero-order chi connectivity index (χ0) is 44.1. The van der Waals surface area contributed by atoms with Crippen LogP contribution >= 0.6 is 0 Å². The predicted octanol–water partition coefficient (Wildman–Crippen LogP) is 14.3. The minimum absolute atomic E-state index is 0. The first-order valence-electron chi connectivity index (χ1n) is 21.6. The summed E-state index contributed by atoms with van der Waals surface area (Å²) in [7, 11) is 0. The van der Waals surface area contributed by atoms with Crippen LogP contribution in [0.1, 0.15) is 92.4 Å². The molecule has 0 aliphatic carbocycles. The Hall–Kier alpha value is -5.75. The fraction of sp³-hybridized carbons (Fsp3) is 0.226. The SMILES string of the molecule is Cc1cc2nc(-c3[c-]ccc4c3oc3cc(-c5ccccc5)ccc34)n(-c3c(C(C)C)cccc3C(C)C)c2cn1.[2H]C([2H])([2H])c1c[c-]c(-c2ccc(C(C)(C)C)cn2)c(F)c1.[Ir]. The van der Waals surface area contributed by atoms with E-state index in [1.54, 1.807) is 12.3 Å². The van der Waals surface area contributed by atoms with Gasteiger partial charge in [-0.25, -0.2) is 0 Å². The Morgan fingerprint density at radius 2 is 1.52 bits per heavy atom. The Morgan fingerprint density at radius 1 is 0.767 bits per heavy atom. The third kappa shape index (κ3) is 8.21. The number of nitrogens with zero attached hydrogens (tertiary/aromatic N) is 4. The molecule has 9 rings (SSSR count). The van der Waals surface area contributed by atoms with Crippen LogP contribution in [0.5, 0.6) is 0 Å². The van der Waals surface area contributed by atoms with E-state index in [1.807, 2.05) is 31.3 Å². The maximum atomic E-state index is 14.1. The van der Waals surface area contributed by atoms with E-state index >= 15 is 0 Å². The summed E-state index contributed by atoms with van der Waals surface area (Å²) < 4.78 is 44.9. The van der Waals surface area contributed by atoms with E-state index in [0.29, 0.717) is 17.5 Å². The average molecular weight is 972 g/mol. The smallest absolute Gasteiger partial charge is 0.121 e. The second-order valence-corrected chi connectivity index (χ2v) is 16.7. The molecule has 5 aromatic carbocycles. The van der Waals surface area contributed by atoms with Crippen LogP contribution in [-0.2, 0) is 25.5 Å². The van der Waals surface area contributed by atoms with Gasteiger partial charge < -0.3 is 14.0 Å². The van der Waals surface area contributed by atoms with Crippen LogP contribution < -0.4 is 0 Å². The van der Waals surface area contributed by atoms with Gasteiger partial charge in [-0.2, -0.15) is 0 Å². The monoisotopic (exact) mass is 972 g/mol. The summed E-state index contributed by atoms with van der Waals surface area (Å²) in [6.07, 6.45) is 3.66. The molecule has 0 bridgehead atoms. The molecular weight excluding hydrogens is 920 g/mol. The Bertz CT molecular complexity index is 3050. The molecule has 4 aromatic heterocycles. The summed E-state index contributed by atoms with van der Waals surface area (Å²) >= 11 is 0. The molecule has 305 valence electrons. The van der Waals surface area contributed by atoms with E-state index in [1.165, 1.54) is 22.9 Å². The summed E-state index contributed by atoms with van der Waals surface area (Å²) in [6.45, 7) is 14.9. The standard InChI is InChI=1S/C37H32N3O.C16H17FN.Ir/c1-22(2)27-13-9-14-28(23(3)4)35(27)40-33-21-38-24(5)19-32(33)39-37(40)31-16-10-15-30-29-18-17-26(20-34(29)41-36(30)31)25-11-7-6-8-12-25;1-11-5-7-13(14(17)9-11)15-8-6-12(10-18-15)16(2,3)4;/h6-15,17-23H,1-5H3;5-6,8-10H,1-4H3;/q2*-1;/i;1D3;. The van der Waals surface area contributed by atoms with Gasteiger partial charge in [0.1, 0.15) is 5.58 Å². The number of rotatable bonds is 6. The van der Waals surface area contributed by atoms with Crippen LogP contribution in [0.4, 0.5) is 4.39 Å². The maximum absolute atomic E-state index is 14.1. The summed E-state index contributed by atoms with van der Waals surface area (Å²) in [5.74, 6) is 0.847. The average Bonchev–Trinajstić information content (AvgIpc) is 3.81. The number of halogens is 1. The predicted molar refractivity (Wildman–Crippen MR) is 241 cm³/mol. The van der Waals surface area contributed by atoms with Gasteiger partial charge in [0.25, 0.3) is 0 Å². The summed E-state index contributed by atoms with van der Waals surface area (Å²) in [5, 5.41) is 2.14. The largest absolute Gasteiger partial charge is 0.501 e. The van der Waals surface area contributed by atoms with Gasteiger partial charge in [0.2, 0.25) is 0 Å². The van der Waals surface area contributed by atoms with Crippen molar-refractivity contribution in [3.63, 3.8) is 0 Å². The molecule has 0 aliphatic heterocycles. The molecule has 0 N–H and O–H groups in total. The van der Waals surface area contributed by atoms with Crippen LogP contribution in [0, 0.1) is 31.7 Å². The number of benzene rings is 5. The van der Waals surface area contributed by atoms with Crippen molar-refractivity contribution in [2.24, 2.45) is 0 Å². The first-order chi connectivity index (χ1) is 29.5. The Kier molecular flexibility index (Phi) is 10.9. The fourth-order valence-electron chi connectivity index (χ4n) is 7.61. The minimum atomic E-state index is -2.33. The van der Waals surface area contributed by atoms with Crippen molar-refractivity contribution >= 4 is 33.0 Å². The van der Waals surface area contributed by atoms with Gasteiger partial charge in [-0.3, -0.25) is 14.4 Å². The maximum Gasteiger partial charge on any atom is 0.121 e. The van der Waals surface area contributed by atoms with Crippen LogP contribution in [0.2, 0.25) is 0 Å². The third-order valence-corrected chi connectivity index (χ3v) is 10.8. The van der Waals surface area contributed by atoms with Crippen molar-refractivity contribution < 1.29 is 33.0 Å². The molecule has 7 heteroatoms. The summed E-state index contributed by atoms with van der Waals surface area (Å²) in [5.41, 5.74) is 12.9. The molecule has 0 aliphatic rings. The van der Waals surface area contributed by atoms with Gasteiger partial charge in [0, 0.05) is 53.0 Å². The Morgan fingerprint density at radius 3 is 2.17 bits per heavy atom. The van der Waals surface area contributed by atoms with Crippen LogP contribution in [0.15, 0.2) is 126 Å². The molecule has 9 aromatic rings. The number of aryl methyl sites for hydroxylation is 2. The number of aromatic nitrogens is 4. The number of imidazole rings is 1. The van der Waals surface area contributed by atoms with Crippen LogP contribution in [-0.4, -0.2) is 19.5 Å². The number of pyridine rings is 2. The van der Waals surface area contributed by atoms with E-state index in [0.717, 1.165) is 72.8 Å². The number of hydrogen-bond acceptors (Lipinski definition) is 4. The van der Waals surface area contributed by atoms with Crippen molar-refractivity contribution in [3.8, 4) is 39.5 Å². The third-order valence-electron chi connectivity index (χ3n) is 10.8. The topological polar surface area (TPSA) is 56.7 Å². The van der Waals surface area contributed by atoms with E-state index in [2.05, 4.69) is 143 Å². The van der Waals surface area contributed by atoms with Crippen molar-refractivity contribution in [2.75, 3.05) is 0 Å². The van der Waals surface area contributed by atoms with Gasteiger partial charge in [-0.05, 0) is 69.8 Å². The second kappa shape index (κ2) is 17.1. The van der Waals surface area contributed by atoms with Crippen LogP contribution in [0.3, 0.4) is 0 Å². The van der Waals surface area contributed by atoms with Gasteiger partial charge in [0.15, 0.2) is 0 Å². The number of hydrogen-bond donors (Lipinski definition) is 0. The van der Waals surface area contributed by atoms with Gasteiger partial charge in [-0.15, -0.1) is 42.0 Å². The molecule has 4 heterocycles. The van der Waals surface area contributed by atoms with E-state index in [4.69, 9.17) is 18.5 Å². The quantitative estimate of drug-likeness (QED) is 0.156. The first kappa shape index (κ1) is 38.5. The molecular formula is C53H49FIrN4O-2. The normalized spacial score (nSPS) is 12.6. The molecule has 0 amide bonds. The molecule has 0 unspecified atom stereocenters. The summed E-state index contributed by atoms with van der Waals surface area (Å²) in [4.78, 5) is 14.2. The van der Waals surface area contributed by atoms with Crippen molar-refractivity contribution in [2.45, 2.75) is 79.5 Å². The summed E-state index contributed by atoms with van der Waals surface area (Å²) in [6, 6.07) is 41.8. The van der Waals surface area contributed by atoms with Crippen molar-refractivity contribution in [1.82, 2.24) is 19.5 Å². The molecule has 0 spiro atoms. The Labute approximate surface area is 370 Å². The molecule has 0 saturated carbocycles. The van der Waals surface area contributed by atoms with Crippen LogP contribution in [0.25, 0.3) is 72.4 Å². The minimum Gasteiger partial charge on any atom is -0.501 e. The van der Waals surface area contributed by atoms with Gasteiger partial charge in [-0.1, -0.05) is 145 Å². The zero-order valence-electron chi connectivity index (χ0n) is 38.1. The number of para-hydroxylation sites is 1.